The molecule has 6 nitrogen and oxygen atoms in total. The molecule has 0 aromatic heterocycles. The van der Waals surface area contributed by atoms with Crippen LogP contribution in [0.5, 0.6) is 0 Å². The average Bonchev–Trinajstić information content (AvgIpc) is 1.97. The molecular weight excluding hydrogens is 211 g/mol. The van der Waals surface area contributed by atoms with Crippen LogP contribution in [0.3, 0.4) is 0 Å². The van der Waals surface area contributed by atoms with Gasteiger partial charge in [0.1, 0.15) is 6.10 Å². The van der Waals surface area contributed by atoms with E-state index in [-0.39, 0.29) is 36.2 Å². The first-order valence-electron chi connectivity index (χ1n) is 3.24. The van der Waals surface area contributed by atoms with E-state index in [9.17, 15) is 8.42 Å². The second kappa shape index (κ2) is 7.13. The molecule has 2 atom stereocenters. The van der Waals surface area contributed by atoms with E-state index in [1.165, 1.54) is 0 Å². The van der Waals surface area contributed by atoms with Gasteiger partial charge in [-0.15, -0.1) is 0 Å². The first-order valence-corrected chi connectivity index (χ1v) is 4.75. The van der Waals surface area contributed by atoms with Gasteiger partial charge in [0, 0.05) is 0 Å². The molecule has 8 heteroatoms. The first-order chi connectivity index (χ1) is 5.38. The summed E-state index contributed by atoms with van der Waals surface area (Å²) in [6.45, 7) is 0.273. The fourth-order valence-corrected chi connectivity index (χ4v) is 0.636. The van der Waals surface area contributed by atoms with Crippen LogP contribution in [0.2, 0.25) is 0 Å². The van der Waals surface area contributed by atoms with Crippen molar-refractivity contribution in [3.63, 3.8) is 0 Å². The minimum absolute atomic E-state index is 0. The standard InChI is InChI=1S/C5H12O6S.Na.H/c1-4(12(8,9)10)11-3-5(7)2-6;;/h4-7H,2-3H2,1H3,(H,8,9,10);;. The van der Waals surface area contributed by atoms with Gasteiger partial charge in [-0.25, -0.2) is 0 Å². The van der Waals surface area contributed by atoms with Gasteiger partial charge in [0.05, 0.1) is 13.2 Å². The van der Waals surface area contributed by atoms with Crippen LogP contribution >= 0.6 is 0 Å². The van der Waals surface area contributed by atoms with Crippen LogP contribution in [-0.2, 0) is 14.9 Å². The van der Waals surface area contributed by atoms with E-state index in [1.807, 2.05) is 0 Å². The van der Waals surface area contributed by atoms with Crippen LogP contribution in [0.25, 0.3) is 0 Å². The Kier molecular flexibility index (Phi) is 8.90. The van der Waals surface area contributed by atoms with E-state index in [0.29, 0.717) is 0 Å². The van der Waals surface area contributed by atoms with E-state index < -0.39 is 28.3 Å². The van der Waals surface area contributed by atoms with Crippen molar-refractivity contribution in [3.8, 4) is 0 Å². The molecule has 0 aliphatic rings. The average molecular weight is 224 g/mol. The van der Waals surface area contributed by atoms with Crippen molar-refractivity contribution in [3.05, 3.63) is 0 Å². The summed E-state index contributed by atoms with van der Waals surface area (Å²) < 4.78 is 33.5. The molecule has 0 rings (SSSR count). The summed E-state index contributed by atoms with van der Waals surface area (Å²) in [5.41, 5.74) is -1.39. The van der Waals surface area contributed by atoms with Gasteiger partial charge >= 0.3 is 29.6 Å². The van der Waals surface area contributed by atoms with Gasteiger partial charge in [0.2, 0.25) is 0 Å². The Morgan fingerprint density at radius 1 is 1.46 bits per heavy atom. The van der Waals surface area contributed by atoms with Gasteiger partial charge < -0.3 is 14.9 Å². The zero-order valence-corrected chi connectivity index (χ0v) is 7.36. The van der Waals surface area contributed by atoms with E-state index >= 15 is 0 Å². The van der Waals surface area contributed by atoms with Crippen molar-refractivity contribution >= 4 is 39.7 Å². The van der Waals surface area contributed by atoms with E-state index in [1.54, 1.807) is 0 Å². The number of ether oxygens (including phenoxy) is 1. The van der Waals surface area contributed by atoms with Crippen LogP contribution in [-0.4, -0.2) is 77.5 Å². The summed E-state index contributed by atoms with van der Waals surface area (Å²) in [4.78, 5) is 0. The Bertz CT molecular complexity index is 215. The molecule has 0 heterocycles. The molecule has 76 valence electrons. The number of aliphatic hydroxyl groups is 2. The molecule has 0 saturated heterocycles. The van der Waals surface area contributed by atoms with Crippen molar-refractivity contribution in [2.75, 3.05) is 13.2 Å². The summed E-state index contributed by atoms with van der Waals surface area (Å²) in [5.74, 6) is 0. The summed E-state index contributed by atoms with van der Waals surface area (Å²) in [5, 5.41) is 17.0. The van der Waals surface area contributed by atoms with Crippen molar-refractivity contribution in [1.29, 1.82) is 0 Å². The normalized spacial score (nSPS) is 16.0. The summed E-state index contributed by atoms with van der Waals surface area (Å²) in [7, 11) is -4.22. The topological polar surface area (TPSA) is 104 Å². The Morgan fingerprint density at radius 3 is 2.23 bits per heavy atom. The predicted molar refractivity (Wildman–Crippen MR) is 47.2 cm³/mol. The Labute approximate surface area is 98.9 Å². The fourth-order valence-electron chi connectivity index (χ4n) is 0.385. The quantitative estimate of drug-likeness (QED) is 0.366. The third kappa shape index (κ3) is 7.83. The SMILES string of the molecule is CC(OCC(O)CO)S(=O)(=O)O.[NaH]. The monoisotopic (exact) mass is 224 g/mol. The number of aliphatic hydroxyl groups excluding tert-OH is 2. The van der Waals surface area contributed by atoms with Crippen LogP contribution in [0.4, 0.5) is 0 Å². The van der Waals surface area contributed by atoms with Gasteiger partial charge in [-0.3, -0.25) is 4.55 Å². The Hall–Kier alpha value is 0.790. The molecule has 2 unspecified atom stereocenters. The van der Waals surface area contributed by atoms with Crippen molar-refractivity contribution in [2.24, 2.45) is 0 Å². The van der Waals surface area contributed by atoms with Gasteiger partial charge in [-0.2, -0.15) is 8.42 Å². The number of hydrogen-bond acceptors (Lipinski definition) is 5. The van der Waals surface area contributed by atoms with Gasteiger partial charge in [0.25, 0.3) is 10.1 Å². The predicted octanol–water partition coefficient (Wildman–Crippen LogP) is -2.06. The summed E-state index contributed by atoms with van der Waals surface area (Å²) in [6, 6.07) is 0. The molecule has 0 aromatic carbocycles. The van der Waals surface area contributed by atoms with Gasteiger partial charge in [0.15, 0.2) is 5.44 Å². The molecule has 0 bridgehead atoms. The Balaban J connectivity index is 0. The number of hydrogen-bond donors (Lipinski definition) is 3. The zero-order chi connectivity index (χ0) is 9.78. The first kappa shape index (κ1) is 16.2. The van der Waals surface area contributed by atoms with Crippen LogP contribution in [0.1, 0.15) is 6.92 Å². The molecule has 0 fully saturated rings. The molecular formula is C5H13NaO6S. The van der Waals surface area contributed by atoms with E-state index in [2.05, 4.69) is 4.74 Å². The minimum atomic E-state index is -4.22. The van der Waals surface area contributed by atoms with Crippen LogP contribution in [0, 0.1) is 0 Å². The molecule has 13 heavy (non-hydrogen) atoms. The molecule has 0 aliphatic heterocycles. The second-order valence-electron chi connectivity index (χ2n) is 2.25. The molecule has 0 spiro atoms. The maximum absolute atomic E-state index is 10.3. The van der Waals surface area contributed by atoms with Crippen molar-refractivity contribution < 1.29 is 27.9 Å². The Morgan fingerprint density at radius 2 is 1.92 bits per heavy atom. The third-order valence-corrected chi connectivity index (χ3v) is 2.13. The van der Waals surface area contributed by atoms with Crippen LogP contribution in [0.15, 0.2) is 0 Å². The molecule has 0 aliphatic carbocycles. The zero-order valence-electron chi connectivity index (χ0n) is 6.54. The van der Waals surface area contributed by atoms with Gasteiger partial charge in [-0.05, 0) is 6.92 Å². The fraction of sp³-hybridized carbons (Fsp3) is 1.00. The third-order valence-electron chi connectivity index (χ3n) is 1.15. The van der Waals surface area contributed by atoms with E-state index in [4.69, 9.17) is 14.8 Å². The van der Waals surface area contributed by atoms with Crippen molar-refractivity contribution in [2.45, 2.75) is 18.5 Å². The van der Waals surface area contributed by atoms with Crippen LogP contribution < -0.4 is 0 Å². The molecule has 0 amide bonds. The van der Waals surface area contributed by atoms with E-state index in [0.717, 1.165) is 6.92 Å². The summed E-state index contributed by atoms with van der Waals surface area (Å²) in [6.07, 6.45) is -1.13. The van der Waals surface area contributed by atoms with Crippen molar-refractivity contribution in [1.82, 2.24) is 0 Å². The molecule has 0 aromatic rings. The van der Waals surface area contributed by atoms with Gasteiger partial charge in [-0.1, -0.05) is 0 Å². The molecule has 3 N–H and O–H groups in total. The molecule has 0 radical (unpaired) electrons. The summed E-state index contributed by atoms with van der Waals surface area (Å²) >= 11 is 0. The molecule has 0 saturated carbocycles. The maximum atomic E-state index is 10.3. The second-order valence-corrected chi connectivity index (χ2v) is 3.95. The number of rotatable bonds is 5.